The van der Waals surface area contributed by atoms with E-state index in [-0.39, 0.29) is 0 Å². The smallest absolute Gasteiger partial charge is 0.399 e. The van der Waals surface area contributed by atoms with Gasteiger partial charge in [-0.1, -0.05) is 12.1 Å². The van der Waals surface area contributed by atoms with Crippen LogP contribution in [0.1, 0.15) is 5.56 Å². The van der Waals surface area contributed by atoms with Crippen LogP contribution in [0.3, 0.4) is 0 Å². The van der Waals surface area contributed by atoms with Crippen molar-refractivity contribution in [3.05, 3.63) is 35.4 Å². The second-order valence-electron chi connectivity index (χ2n) is 3.97. The number of halogens is 8. The van der Waals surface area contributed by atoms with E-state index in [1.165, 1.54) is 0 Å². The molecule has 0 bridgehead atoms. The van der Waals surface area contributed by atoms with Crippen LogP contribution in [0.25, 0.3) is 0 Å². The van der Waals surface area contributed by atoms with Crippen molar-refractivity contribution in [2.45, 2.75) is 24.6 Å². The first-order valence-corrected chi connectivity index (χ1v) is 5.26. The van der Waals surface area contributed by atoms with Gasteiger partial charge in [0.2, 0.25) is 0 Å². The number of alkyl halides is 6. The van der Waals surface area contributed by atoms with Gasteiger partial charge in [0.1, 0.15) is 6.61 Å². The molecule has 0 N–H and O–H groups in total. The maximum absolute atomic E-state index is 13.1. The van der Waals surface area contributed by atoms with Crippen LogP contribution in [0.5, 0.6) is 0 Å². The third-order valence-electron chi connectivity index (χ3n) is 2.48. The van der Waals surface area contributed by atoms with Crippen molar-refractivity contribution in [1.82, 2.24) is 0 Å². The topological polar surface area (TPSA) is 49.4 Å². The van der Waals surface area contributed by atoms with Crippen LogP contribution in [0.4, 0.5) is 35.1 Å². The highest BCUT2D eigenvalue weighted by Crippen LogP contribution is 2.41. The zero-order chi connectivity index (χ0) is 17.3. The zero-order valence-corrected chi connectivity index (χ0v) is 10.2. The van der Waals surface area contributed by atoms with Gasteiger partial charge in [-0.05, 0) is 6.07 Å². The summed E-state index contributed by atoms with van der Waals surface area (Å²) < 4.78 is 103. The van der Waals surface area contributed by atoms with Crippen molar-refractivity contribution in [1.29, 1.82) is 0 Å². The highest BCUT2D eigenvalue weighted by Gasteiger charge is 2.68. The number of benzene rings is 1. The van der Waals surface area contributed by atoms with Gasteiger partial charge in [0, 0.05) is 5.56 Å². The second-order valence-corrected chi connectivity index (χ2v) is 3.97. The van der Waals surface area contributed by atoms with Crippen LogP contribution in [-0.2, 0) is 16.1 Å². The van der Waals surface area contributed by atoms with E-state index in [1.54, 1.807) is 0 Å². The number of ether oxygens (including phenoxy) is 1. The van der Waals surface area contributed by atoms with Gasteiger partial charge in [-0.15, -0.1) is 0 Å². The normalized spacial score (nSPS) is 13.1. The Balaban J connectivity index is 3.02. The summed E-state index contributed by atoms with van der Waals surface area (Å²) in [7, 11) is 0. The summed E-state index contributed by atoms with van der Waals surface area (Å²) in [6, 6.07) is 2.24. The molecule has 11 heteroatoms. The van der Waals surface area contributed by atoms with Crippen LogP contribution in [0.15, 0.2) is 18.2 Å². The van der Waals surface area contributed by atoms with Gasteiger partial charge in [-0.25, -0.2) is 8.78 Å². The average Bonchev–Trinajstić information content (AvgIpc) is 2.36. The van der Waals surface area contributed by atoms with Crippen molar-refractivity contribution in [3.63, 3.8) is 0 Å². The Morgan fingerprint density at radius 2 is 1.55 bits per heavy atom. The van der Waals surface area contributed by atoms with E-state index in [4.69, 9.17) is 0 Å². The fourth-order valence-electron chi connectivity index (χ4n) is 1.30. The van der Waals surface area contributed by atoms with E-state index >= 15 is 0 Å². The molecule has 0 atom stereocenters. The Morgan fingerprint density at radius 3 is 2.00 bits per heavy atom. The highest BCUT2D eigenvalue weighted by atomic mass is 19.4. The third-order valence-corrected chi connectivity index (χ3v) is 2.48. The van der Waals surface area contributed by atoms with Gasteiger partial charge < -0.3 is 9.84 Å². The summed E-state index contributed by atoms with van der Waals surface area (Å²) in [5, 5.41) is 10.9. The Morgan fingerprint density at radius 1 is 1.05 bits per heavy atom. The van der Waals surface area contributed by atoms with Crippen LogP contribution in [-0.4, -0.2) is 23.9 Å². The number of esters is 1. The maximum atomic E-state index is 13.1. The van der Waals surface area contributed by atoms with E-state index in [0.717, 1.165) is 12.1 Å². The SMILES string of the molecule is O=C(OCc1cccc(F)c1F)C([O-])(C(F)(F)F)C(F)(F)F. The van der Waals surface area contributed by atoms with E-state index < -0.39 is 47.7 Å². The summed E-state index contributed by atoms with van der Waals surface area (Å²) >= 11 is 0. The molecule has 0 aliphatic heterocycles. The Bertz CT molecular complexity index is 549. The first kappa shape index (κ1) is 18.1. The molecular weight excluding hydrogens is 332 g/mol. The first-order chi connectivity index (χ1) is 9.82. The standard InChI is InChI=1S/C11H5F8O3/c12-6-3-1-2-5(7(6)13)4-22-8(20)9(21,10(14,15)16)11(17,18)19/h1-3H,4H2/q-1. The molecule has 0 aliphatic rings. The van der Waals surface area contributed by atoms with Crippen LogP contribution in [0, 0.1) is 11.6 Å². The minimum atomic E-state index is -6.52. The summed E-state index contributed by atoms with van der Waals surface area (Å²) in [5.74, 6) is -6.31. The van der Waals surface area contributed by atoms with Gasteiger partial charge in [-0.3, -0.25) is 4.79 Å². The molecule has 1 rings (SSSR count). The number of rotatable bonds is 3. The van der Waals surface area contributed by atoms with Crippen molar-refractivity contribution in [2.24, 2.45) is 0 Å². The van der Waals surface area contributed by atoms with Gasteiger partial charge in [0.25, 0.3) is 0 Å². The monoisotopic (exact) mass is 337 g/mol. The number of hydrogen-bond acceptors (Lipinski definition) is 3. The molecule has 0 spiro atoms. The first-order valence-electron chi connectivity index (χ1n) is 5.26. The Kier molecular flexibility index (Phi) is 4.70. The van der Waals surface area contributed by atoms with Crippen molar-refractivity contribution in [2.75, 3.05) is 0 Å². The lowest BCUT2D eigenvalue weighted by Gasteiger charge is -2.40. The highest BCUT2D eigenvalue weighted by molar-refractivity contribution is 5.81. The number of carbonyl (C=O) groups is 1. The van der Waals surface area contributed by atoms with Crippen molar-refractivity contribution >= 4 is 5.97 Å². The molecule has 22 heavy (non-hydrogen) atoms. The molecule has 0 unspecified atom stereocenters. The van der Waals surface area contributed by atoms with Crippen LogP contribution >= 0.6 is 0 Å². The lowest BCUT2D eigenvalue weighted by Crippen LogP contribution is -2.71. The van der Waals surface area contributed by atoms with E-state index in [9.17, 15) is 45.0 Å². The summed E-state index contributed by atoms with van der Waals surface area (Å²) in [6.45, 7) is -1.47. The Labute approximate surface area is 117 Å². The van der Waals surface area contributed by atoms with Gasteiger partial charge in [0.15, 0.2) is 17.2 Å². The molecule has 0 amide bonds. The van der Waals surface area contributed by atoms with E-state index in [2.05, 4.69) is 4.74 Å². The van der Waals surface area contributed by atoms with Gasteiger partial charge >= 0.3 is 18.3 Å². The summed E-state index contributed by atoms with van der Waals surface area (Å²) in [5.41, 5.74) is -6.86. The molecule has 1 aromatic carbocycles. The molecule has 3 nitrogen and oxygen atoms in total. The quantitative estimate of drug-likeness (QED) is 0.628. The van der Waals surface area contributed by atoms with Crippen LogP contribution < -0.4 is 5.11 Å². The molecule has 0 radical (unpaired) electrons. The molecule has 0 fully saturated rings. The average molecular weight is 337 g/mol. The molecule has 1 aromatic rings. The molecule has 0 heterocycles. The molecule has 0 saturated heterocycles. The molecule has 0 aromatic heterocycles. The number of carbonyl (C=O) groups excluding carboxylic acids is 1. The van der Waals surface area contributed by atoms with Crippen molar-refractivity contribution in [3.8, 4) is 0 Å². The summed E-state index contributed by atoms with van der Waals surface area (Å²) in [4.78, 5) is 10.9. The van der Waals surface area contributed by atoms with E-state index in [0.29, 0.717) is 6.07 Å². The van der Waals surface area contributed by atoms with Gasteiger partial charge in [0.05, 0.1) is 0 Å². The van der Waals surface area contributed by atoms with Crippen LogP contribution in [0.2, 0.25) is 0 Å². The fourth-order valence-corrected chi connectivity index (χ4v) is 1.30. The lowest BCUT2D eigenvalue weighted by atomic mass is 10.0. The molecule has 0 saturated carbocycles. The largest absolute Gasteiger partial charge is 0.828 e. The van der Waals surface area contributed by atoms with Crippen molar-refractivity contribution < 1.29 is 49.8 Å². The minimum Gasteiger partial charge on any atom is -0.828 e. The molecular formula is C11H5F8O3-. The zero-order valence-electron chi connectivity index (χ0n) is 10.2. The Hall–Kier alpha value is -1.91. The maximum Gasteiger partial charge on any atom is 0.399 e. The van der Waals surface area contributed by atoms with Gasteiger partial charge in [-0.2, -0.15) is 26.3 Å². The fraction of sp³-hybridized carbons (Fsp3) is 0.364. The number of hydrogen-bond donors (Lipinski definition) is 0. The predicted octanol–water partition coefficient (Wildman–Crippen LogP) is 2.23. The lowest BCUT2D eigenvalue weighted by molar-refractivity contribution is -0.574. The predicted molar refractivity (Wildman–Crippen MR) is 51.0 cm³/mol. The summed E-state index contributed by atoms with van der Waals surface area (Å²) in [6.07, 6.45) is -13.0. The molecule has 124 valence electrons. The minimum absolute atomic E-state index is 0.615. The van der Waals surface area contributed by atoms with E-state index in [1.807, 2.05) is 0 Å². The third kappa shape index (κ3) is 3.13. The molecule has 0 aliphatic carbocycles. The second kappa shape index (κ2) is 5.71.